The zero-order valence-corrected chi connectivity index (χ0v) is 19.5. The van der Waals surface area contributed by atoms with Gasteiger partial charge in [0.2, 0.25) is 5.91 Å². The molecule has 2 heterocycles. The summed E-state index contributed by atoms with van der Waals surface area (Å²) in [6.07, 6.45) is 3.09. The number of amides is 1. The lowest BCUT2D eigenvalue weighted by Gasteiger charge is -2.13. The van der Waals surface area contributed by atoms with Crippen LogP contribution in [-0.2, 0) is 22.5 Å². The van der Waals surface area contributed by atoms with Crippen molar-refractivity contribution in [3.8, 4) is 5.75 Å². The van der Waals surface area contributed by atoms with Crippen molar-refractivity contribution in [1.82, 2.24) is 14.9 Å². The molecule has 6 nitrogen and oxygen atoms in total. The quantitative estimate of drug-likeness (QED) is 0.478. The number of carbonyl (C=O) groups excluding carboxylic acids is 1. The molecule has 0 saturated carbocycles. The molecule has 32 heavy (non-hydrogen) atoms. The molecule has 0 radical (unpaired) electrons. The first-order chi connectivity index (χ1) is 15.5. The summed E-state index contributed by atoms with van der Waals surface area (Å²) in [5.41, 5.74) is 4.10. The van der Waals surface area contributed by atoms with Crippen LogP contribution in [0.3, 0.4) is 0 Å². The number of aryl methyl sites for hydroxylation is 3. The summed E-state index contributed by atoms with van der Waals surface area (Å²) >= 11 is 6.27. The zero-order valence-electron chi connectivity index (χ0n) is 18.7. The third-order valence-electron chi connectivity index (χ3n) is 5.83. The predicted octanol–water partition coefficient (Wildman–Crippen LogP) is 4.61. The first-order valence-electron chi connectivity index (χ1n) is 11.3. The molecule has 0 spiro atoms. The Morgan fingerprint density at radius 2 is 2.06 bits per heavy atom. The van der Waals surface area contributed by atoms with E-state index in [4.69, 9.17) is 26.1 Å². The van der Waals surface area contributed by atoms with E-state index in [0.29, 0.717) is 26.3 Å². The van der Waals surface area contributed by atoms with E-state index in [0.717, 1.165) is 64.4 Å². The maximum absolute atomic E-state index is 12.1. The number of imidazole rings is 1. The molecule has 1 N–H and O–H groups in total. The van der Waals surface area contributed by atoms with Crippen LogP contribution in [0.1, 0.15) is 36.2 Å². The number of ether oxygens (including phenoxy) is 2. The van der Waals surface area contributed by atoms with Gasteiger partial charge in [0.05, 0.1) is 17.6 Å². The van der Waals surface area contributed by atoms with Gasteiger partial charge in [-0.05, 0) is 68.5 Å². The molecule has 1 aromatic heterocycles. The first-order valence-corrected chi connectivity index (χ1v) is 11.6. The van der Waals surface area contributed by atoms with Gasteiger partial charge in [-0.15, -0.1) is 0 Å². The molecule has 7 heteroatoms. The zero-order chi connectivity index (χ0) is 22.5. The van der Waals surface area contributed by atoms with E-state index in [1.165, 1.54) is 0 Å². The van der Waals surface area contributed by atoms with Gasteiger partial charge in [-0.2, -0.15) is 0 Å². The third kappa shape index (κ3) is 5.25. The number of carbonyl (C=O) groups is 1. The van der Waals surface area contributed by atoms with Crippen LogP contribution >= 0.6 is 11.6 Å². The fourth-order valence-corrected chi connectivity index (χ4v) is 4.28. The number of benzene rings is 2. The molecule has 1 atom stereocenters. The molecule has 2 aromatic carbocycles. The van der Waals surface area contributed by atoms with Gasteiger partial charge in [0.1, 0.15) is 24.3 Å². The second-order valence-electron chi connectivity index (χ2n) is 8.28. The Morgan fingerprint density at radius 3 is 2.81 bits per heavy atom. The number of aromatic nitrogens is 2. The highest BCUT2D eigenvalue weighted by Crippen LogP contribution is 2.26. The Morgan fingerprint density at radius 1 is 1.28 bits per heavy atom. The minimum Gasteiger partial charge on any atom is -0.492 e. The number of nitrogens with zero attached hydrogens (tertiary/aromatic N) is 2. The molecule has 1 fully saturated rings. The van der Waals surface area contributed by atoms with Gasteiger partial charge in [0.15, 0.2) is 0 Å². The number of halogens is 1. The molecular weight excluding hydrogens is 426 g/mol. The standard InChI is InChI=1S/C25H30ClN3O3/c1-17-15-19(16-18(2)24(17)26)31-14-12-29-21-8-4-3-7-20(21)28-23(29)10-5-11-27-25(30)22-9-6-13-32-22/h3-4,7-8,15-16,22H,5-6,9-14H2,1-2H3,(H,27,30). The number of hydrogen-bond donors (Lipinski definition) is 1. The Labute approximate surface area is 193 Å². The first kappa shape index (κ1) is 22.6. The van der Waals surface area contributed by atoms with Gasteiger partial charge in [-0.1, -0.05) is 23.7 Å². The van der Waals surface area contributed by atoms with Crippen LogP contribution in [0.5, 0.6) is 5.75 Å². The molecule has 1 unspecified atom stereocenters. The van der Waals surface area contributed by atoms with E-state index in [1.54, 1.807) is 0 Å². The minimum atomic E-state index is -0.281. The average Bonchev–Trinajstić information content (AvgIpc) is 3.43. The normalized spacial score (nSPS) is 15.9. The van der Waals surface area contributed by atoms with Gasteiger partial charge in [0.25, 0.3) is 0 Å². The van der Waals surface area contributed by atoms with Crippen molar-refractivity contribution in [1.29, 1.82) is 0 Å². The summed E-state index contributed by atoms with van der Waals surface area (Å²) in [4.78, 5) is 17.0. The molecular formula is C25H30ClN3O3. The topological polar surface area (TPSA) is 65.4 Å². The molecule has 0 aliphatic carbocycles. The largest absolute Gasteiger partial charge is 0.492 e. The van der Waals surface area contributed by atoms with Gasteiger partial charge < -0.3 is 19.4 Å². The fraction of sp³-hybridized carbons (Fsp3) is 0.440. The van der Waals surface area contributed by atoms with Crippen LogP contribution in [0.25, 0.3) is 11.0 Å². The second-order valence-corrected chi connectivity index (χ2v) is 8.66. The molecule has 3 aromatic rings. The highest BCUT2D eigenvalue weighted by atomic mass is 35.5. The lowest BCUT2D eigenvalue weighted by atomic mass is 10.1. The molecule has 1 saturated heterocycles. The summed E-state index contributed by atoms with van der Waals surface area (Å²) in [5.74, 6) is 1.83. The van der Waals surface area contributed by atoms with Crippen molar-refractivity contribution in [2.75, 3.05) is 19.8 Å². The van der Waals surface area contributed by atoms with Crippen LogP contribution in [-0.4, -0.2) is 41.3 Å². The van der Waals surface area contributed by atoms with Gasteiger partial charge >= 0.3 is 0 Å². The lowest BCUT2D eigenvalue weighted by Crippen LogP contribution is -2.34. The summed E-state index contributed by atoms with van der Waals surface area (Å²) in [6, 6.07) is 12.1. The summed E-state index contributed by atoms with van der Waals surface area (Å²) in [7, 11) is 0. The smallest absolute Gasteiger partial charge is 0.249 e. The number of rotatable bonds is 9. The Balaban J connectivity index is 1.37. The molecule has 0 bridgehead atoms. The summed E-state index contributed by atoms with van der Waals surface area (Å²) in [6.45, 7) is 6.49. The number of hydrogen-bond acceptors (Lipinski definition) is 4. The highest BCUT2D eigenvalue weighted by molar-refractivity contribution is 6.32. The van der Waals surface area contributed by atoms with E-state index in [2.05, 4.69) is 16.0 Å². The average molecular weight is 456 g/mol. The van der Waals surface area contributed by atoms with Crippen LogP contribution in [0, 0.1) is 13.8 Å². The SMILES string of the molecule is Cc1cc(OCCn2c(CCCNC(=O)C3CCCO3)nc3ccccc32)cc(C)c1Cl. The Kier molecular flexibility index (Phi) is 7.33. The van der Waals surface area contributed by atoms with Gasteiger partial charge in [0, 0.05) is 24.6 Å². The molecule has 1 aliphatic rings. The van der Waals surface area contributed by atoms with Crippen LogP contribution in [0.15, 0.2) is 36.4 Å². The number of nitrogens with one attached hydrogen (secondary N) is 1. The summed E-state index contributed by atoms with van der Waals surface area (Å²) in [5, 5.41) is 3.78. The Hall–Kier alpha value is -2.57. The van der Waals surface area contributed by atoms with Gasteiger partial charge in [-0.3, -0.25) is 4.79 Å². The highest BCUT2D eigenvalue weighted by Gasteiger charge is 2.22. The maximum Gasteiger partial charge on any atom is 0.249 e. The molecule has 4 rings (SSSR count). The summed E-state index contributed by atoms with van der Waals surface area (Å²) < 4.78 is 13.7. The van der Waals surface area contributed by atoms with Crippen LogP contribution < -0.4 is 10.1 Å². The van der Waals surface area contributed by atoms with Crippen LogP contribution in [0.4, 0.5) is 0 Å². The van der Waals surface area contributed by atoms with E-state index in [1.807, 2.05) is 44.2 Å². The molecule has 1 aliphatic heterocycles. The van der Waals surface area contributed by atoms with Gasteiger partial charge in [-0.25, -0.2) is 4.98 Å². The predicted molar refractivity (Wildman–Crippen MR) is 126 cm³/mol. The van der Waals surface area contributed by atoms with Crippen LogP contribution in [0.2, 0.25) is 5.02 Å². The number of fused-ring (bicyclic) bond motifs is 1. The van der Waals surface area contributed by atoms with Crippen molar-refractivity contribution in [2.24, 2.45) is 0 Å². The van der Waals surface area contributed by atoms with E-state index in [-0.39, 0.29) is 12.0 Å². The maximum atomic E-state index is 12.1. The lowest BCUT2D eigenvalue weighted by molar-refractivity contribution is -0.130. The third-order valence-corrected chi connectivity index (χ3v) is 6.42. The minimum absolute atomic E-state index is 0.00189. The second kappa shape index (κ2) is 10.4. The van der Waals surface area contributed by atoms with E-state index < -0.39 is 0 Å². The van der Waals surface area contributed by atoms with Crippen molar-refractivity contribution in [2.45, 2.75) is 52.2 Å². The van der Waals surface area contributed by atoms with Crippen molar-refractivity contribution >= 4 is 28.5 Å². The molecule has 1 amide bonds. The number of para-hydroxylation sites is 2. The van der Waals surface area contributed by atoms with Crippen molar-refractivity contribution in [3.05, 3.63) is 58.4 Å². The van der Waals surface area contributed by atoms with Crippen molar-refractivity contribution in [3.63, 3.8) is 0 Å². The van der Waals surface area contributed by atoms with Crippen molar-refractivity contribution < 1.29 is 14.3 Å². The Bertz CT molecular complexity index is 1070. The fourth-order valence-electron chi connectivity index (χ4n) is 4.17. The van der Waals surface area contributed by atoms with E-state index in [9.17, 15) is 4.79 Å². The monoisotopic (exact) mass is 455 g/mol. The molecule has 170 valence electrons. The van der Waals surface area contributed by atoms with E-state index >= 15 is 0 Å².